The zero-order chi connectivity index (χ0) is 28.0. The van der Waals surface area contributed by atoms with Crippen molar-refractivity contribution < 1.29 is 17.9 Å². The van der Waals surface area contributed by atoms with Gasteiger partial charge in [-0.15, -0.1) is 0 Å². The summed E-state index contributed by atoms with van der Waals surface area (Å²) < 4.78 is 38.1. The molecule has 7 rings (SSSR count). The van der Waals surface area contributed by atoms with Crippen LogP contribution in [0, 0.1) is 0 Å². The molecule has 2 N–H and O–H groups in total. The standard InChI is InChI=1S/C31H31N5O4S/c32-41(37,38)29-13-12-26(25-6-2-3-7-27(25)29)28-17-34-36-18-23(16-33-30(28)36)22-8-10-24(11-9-22)40-31(20-39-21-31)19-35-14-4-1-5-15-35/h2-3,6-13,16-18H,1,4-5,14-15,19-21H2,(H2,32,37,38). The van der Waals surface area contributed by atoms with Crippen molar-refractivity contribution in [2.45, 2.75) is 29.8 Å². The van der Waals surface area contributed by atoms with Crippen LogP contribution < -0.4 is 9.88 Å². The molecule has 0 radical (unpaired) electrons. The monoisotopic (exact) mass is 569 g/mol. The number of aromatic nitrogens is 3. The highest BCUT2D eigenvalue weighted by molar-refractivity contribution is 7.89. The number of primary sulfonamides is 1. The van der Waals surface area contributed by atoms with Crippen LogP contribution in [-0.4, -0.2) is 66.4 Å². The number of nitrogens with two attached hydrogens (primary N) is 1. The summed E-state index contributed by atoms with van der Waals surface area (Å²) in [5, 5.41) is 11.4. The molecule has 0 atom stereocenters. The summed E-state index contributed by atoms with van der Waals surface area (Å²) in [7, 11) is -3.87. The van der Waals surface area contributed by atoms with Crippen molar-refractivity contribution in [2.75, 3.05) is 32.8 Å². The van der Waals surface area contributed by atoms with E-state index in [1.807, 2.05) is 48.8 Å². The van der Waals surface area contributed by atoms with Crippen LogP contribution in [-0.2, 0) is 14.8 Å². The second-order valence-electron chi connectivity index (χ2n) is 11.0. The Kier molecular flexibility index (Phi) is 6.50. The van der Waals surface area contributed by atoms with E-state index in [2.05, 4.69) is 10.00 Å². The molecule has 0 bridgehead atoms. The first-order valence-electron chi connectivity index (χ1n) is 13.9. The van der Waals surface area contributed by atoms with E-state index in [9.17, 15) is 8.42 Å². The number of rotatable bonds is 7. The molecule has 4 heterocycles. The van der Waals surface area contributed by atoms with Gasteiger partial charge >= 0.3 is 0 Å². The minimum absolute atomic E-state index is 0.0956. The lowest BCUT2D eigenvalue weighted by atomic mass is 9.99. The van der Waals surface area contributed by atoms with Gasteiger partial charge < -0.3 is 9.47 Å². The van der Waals surface area contributed by atoms with Gasteiger partial charge in [0.05, 0.1) is 24.3 Å². The van der Waals surface area contributed by atoms with Gasteiger partial charge in [0.25, 0.3) is 0 Å². The lowest BCUT2D eigenvalue weighted by molar-refractivity contribution is -0.172. The molecule has 3 aromatic carbocycles. The second kappa shape index (κ2) is 10.2. The zero-order valence-corrected chi connectivity index (χ0v) is 23.4. The quantitative estimate of drug-likeness (QED) is 0.307. The molecule has 10 heteroatoms. The number of ether oxygens (including phenoxy) is 2. The van der Waals surface area contributed by atoms with Gasteiger partial charge in [-0.1, -0.05) is 48.9 Å². The lowest BCUT2D eigenvalue weighted by Crippen LogP contribution is -2.61. The van der Waals surface area contributed by atoms with E-state index in [4.69, 9.17) is 19.6 Å². The van der Waals surface area contributed by atoms with E-state index >= 15 is 0 Å². The molecule has 2 aliphatic heterocycles. The van der Waals surface area contributed by atoms with Gasteiger partial charge in [-0.2, -0.15) is 5.10 Å². The maximum atomic E-state index is 12.2. The Morgan fingerprint density at radius 3 is 2.34 bits per heavy atom. The zero-order valence-electron chi connectivity index (χ0n) is 22.6. The molecule has 2 aliphatic rings. The summed E-state index contributed by atoms with van der Waals surface area (Å²) in [5.74, 6) is 0.833. The van der Waals surface area contributed by atoms with Gasteiger partial charge in [-0.05, 0) is 60.6 Å². The van der Waals surface area contributed by atoms with Crippen molar-refractivity contribution >= 4 is 26.4 Å². The van der Waals surface area contributed by atoms with Gasteiger partial charge in [0.1, 0.15) is 5.75 Å². The topological polar surface area (TPSA) is 112 Å². The normalized spacial score (nSPS) is 17.5. The first kappa shape index (κ1) is 26.1. The number of nitrogens with zero attached hydrogens (tertiary/aromatic N) is 4. The minimum atomic E-state index is -3.87. The predicted molar refractivity (Wildman–Crippen MR) is 157 cm³/mol. The Balaban J connectivity index is 1.15. The van der Waals surface area contributed by atoms with Crippen LogP contribution in [0.4, 0.5) is 0 Å². The van der Waals surface area contributed by atoms with E-state index in [1.54, 1.807) is 35.0 Å². The second-order valence-corrected chi connectivity index (χ2v) is 12.5. The number of sulfonamides is 1. The van der Waals surface area contributed by atoms with Crippen LogP contribution in [0.1, 0.15) is 19.3 Å². The molecule has 210 valence electrons. The van der Waals surface area contributed by atoms with Gasteiger partial charge in [0.15, 0.2) is 11.2 Å². The highest BCUT2D eigenvalue weighted by atomic mass is 32.2. The summed E-state index contributed by atoms with van der Waals surface area (Å²) in [6.07, 6.45) is 9.35. The smallest absolute Gasteiger partial charge is 0.238 e. The van der Waals surface area contributed by atoms with E-state index in [1.165, 1.54) is 19.3 Å². The maximum Gasteiger partial charge on any atom is 0.238 e. The molecule has 2 aromatic heterocycles. The van der Waals surface area contributed by atoms with Crippen molar-refractivity contribution in [3.63, 3.8) is 0 Å². The highest BCUT2D eigenvalue weighted by Crippen LogP contribution is 2.35. The molecular formula is C31H31N5O4S. The van der Waals surface area contributed by atoms with Crippen molar-refractivity contribution in [3.05, 3.63) is 79.3 Å². The Labute approximate surface area is 238 Å². The fourth-order valence-electron chi connectivity index (χ4n) is 5.97. The molecule has 5 aromatic rings. The molecule has 41 heavy (non-hydrogen) atoms. The van der Waals surface area contributed by atoms with Gasteiger partial charge in [-0.3, -0.25) is 4.90 Å². The van der Waals surface area contributed by atoms with Crippen LogP contribution in [0.5, 0.6) is 5.75 Å². The molecular weight excluding hydrogens is 538 g/mol. The minimum Gasteiger partial charge on any atom is -0.481 e. The molecule has 0 saturated carbocycles. The van der Waals surface area contributed by atoms with Crippen LogP contribution >= 0.6 is 0 Å². The molecule has 2 fully saturated rings. The Morgan fingerprint density at radius 1 is 0.878 bits per heavy atom. The SMILES string of the molecule is NS(=O)(=O)c1ccc(-c2cnn3cc(-c4ccc(OC5(CN6CCCCC6)COC5)cc4)cnc23)c2ccccc12. The van der Waals surface area contributed by atoms with Crippen molar-refractivity contribution in [2.24, 2.45) is 5.14 Å². The number of hydrogen-bond donors (Lipinski definition) is 1. The van der Waals surface area contributed by atoms with E-state index < -0.39 is 10.0 Å². The number of likely N-dealkylation sites (tertiary alicyclic amines) is 1. The molecule has 9 nitrogen and oxygen atoms in total. The van der Waals surface area contributed by atoms with Crippen molar-refractivity contribution in [1.82, 2.24) is 19.5 Å². The van der Waals surface area contributed by atoms with Crippen LogP contribution in [0.2, 0.25) is 0 Å². The largest absolute Gasteiger partial charge is 0.481 e. The summed E-state index contributed by atoms with van der Waals surface area (Å²) >= 11 is 0. The fraction of sp³-hybridized carbons (Fsp3) is 0.290. The summed E-state index contributed by atoms with van der Waals surface area (Å²) in [4.78, 5) is 7.34. The van der Waals surface area contributed by atoms with E-state index in [0.29, 0.717) is 24.2 Å². The summed E-state index contributed by atoms with van der Waals surface area (Å²) in [6.45, 7) is 4.40. The fourth-order valence-corrected chi connectivity index (χ4v) is 6.71. The third-order valence-electron chi connectivity index (χ3n) is 8.05. The van der Waals surface area contributed by atoms with Crippen molar-refractivity contribution in [3.8, 4) is 28.0 Å². The van der Waals surface area contributed by atoms with Gasteiger partial charge in [-0.25, -0.2) is 23.1 Å². The number of fused-ring (bicyclic) bond motifs is 2. The van der Waals surface area contributed by atoms with E-state index in [0.717, 1.165) is 53.0 Å². The highest BCUT2D eigenvalue weighted by Gasteiger charge is 2.43. The maximum absolute atomic E-state index is 12.2. The third kappa shape index (κ3) is 4.97. The van der Waals surface area contributed by atoms with Crippen LogP contribution in [0.15, 0.2) is 84.1 Å². The molecule has 2 saturated heterocycles. The molecule has 0 spiro atoms. The number of piperidine rings is 1. The average molecular weight is 570 g/mol. The predicted octanol–water partition coefficient (Wildman–Crippen LogP) is 4.50. The Morgan fingerprint density at radius 2 is 1.63 bits per heavy atom. The van der Waals surface area contributed by atoms with Crippen molar-refractivity contribution in [1.29, 1.82) is 0 Å². The summed E-state index contributed by atoms with van der Waals surface area (Å²) in [6, 6.07) is 18.7. The lowest BCUT2D eigenvalue weighted by Gasteiger charge is -2.45. The number of benzene rings is 3. The van der Waals surface area contributed by atoms with Gasteiger partial charge in [0.2, 0.25) is 10.0 Å². The molecule has 0 aliphatic carbocycles. The summed E-state index contributed by atoms with van der Waals surface area (Å²) in [5.41, 5.74) is 3.96. The van der Waals surface area contributed by atoms with Crippen LogP contribution in [0.3, 0.4) is 0 Å². The first-order valence-corrected chi connectivity index (χ1v) is 15.4. The average Bonchev–Trinajstić information content (AvgIpc) is 3.39. The molecule has 0 amide bonds. The third-order valence-corrected chi connectivity index (χ3v) is 9.02. The Hall–Kier alpha value is -3.83. The van der Waals surface area contributed by atoms with Crippen LogP contribution in [0.25, 0.3) is 38.7 Å². The van der Waals surface area contributed by atoms with Gasteiger partial charge in [0, 0.05) is 35.5 Å². The van der Waals surface area contributed by atoms with E-state index in [-0.39, 0.29) is 10.5 Å². The Bertz CT molecular complexity index is 1840. The first-order chi connectivity index (χ1) is 19.9. The number of hydrogen-bond acceptors (Lipinski definition) is 7. The molecule has 0 unspecified atom stereocenters.